The molecule has 4 nitrogen and oxygen atoms in total. The van der Waals surface area contributed by atoms with Crippen molar-refractivity contribution < 1.29 is 8.85 Å². The van der Waals surface area contributed by atoms with Gasteiger partial charge in [-0.1, -0.05) is 46.2 Å². The third-order valence-corrected chi connectivity index (χ3v) is 14.6. The molecule has 21 heavy (non-hydrogen) atoms. The highest BCUT2D eigenvalue weighted by Gasteiger charge is 2.38. The molecule has 0 atom stereocenters. The number of hydrogen-bond acceptors (Lipinski definition) is 4. The molecule has 1 aliphatic rings. The van der Waals surface area contributed by atoms with E-state index in [4.69, 9.17) is 8.85 Å². The maximum absolute atomic E-state index is 6.07. The van der Waals surface area contributed by atoms with Gasteiger partial charge in [-0.25, -0.2) is 0 Å². The SMILES string of the molecule is CCN1CO[Si](C)(CCCN([Si](C)(C)C)[Si](C)(C)C)OC1. The van der Waals surface area contributed by atoms with Gasteiger partial charge in [0, 0.05) is 0 Å². The average Bonchev–Trinajstić information content (AvgIpc) is 2.32. The maximum atomic E-state index is 6.07. The Morgan fingerprint density at radius 1 is 1.00 bits per heavy atom. The molecule has 0 radical (unpaired) electrons. The molecule has 0 bridgehead atoms. The van der Waals surface area contributed by atoms with Crippen LogP contribution in [0, 0.1) is 0 Å². The number of nitrogens with zero attached hydrogens (tertiary/aromatic N) is 2. The zero-order chi connectivity index (χ0) is 16.3. The zero-order valence-electron chi connectivity index (χ0n) is 15.5. The first-order valence-corrected chi connectivity index (χ1v) is 17.7. The van der Waals surface area contributed by atoms with Gasteiger partial charge in [0.2, 0.25) is 0 Å². The van der Waals surface area contributed by atoms with E-state index in [2.05, 4.69) is 61.9 Å². The minimum Gasteiger partial charge on any atom is -0.381 e. The van der Waals surface area contributed by atoms with Crippen LogP contribution < -0.4 is 0 Å². The topological polar surface area (TPSA) is 24.9 Å². The summed E-state index contributed by atoms with van der Waals surface area (Å²) in [4.78, 5) is 2.20. The van der Waals surface area contributed by atoms with Crippen LogP contribution in [0.4, 0.5) is 0 Å². The smallest absolute Gasteiger partial charge is 0.336 e. The molecule has 1 heterocycles. The Kier molecular flexibility index (Phi) is 6.86. The minimum atomic E-state index is -1.92. The van der Waals surface area contributed by atoms with E-state index in [1.54, 1.807) is 0 Å². The Morgan fingerprint density at radius 3 is 1.86 bits per heavy atom. The Hall–Kier alpha value is 0.491. The van der Waals surface area contributed by atoms with Crippen molar-refractivity contribution in [2.45, 2.75) is 65.2 Å². The Balaban J connectivity index is 2.48. The van der Waals surface area contributed by atoms with Crippen LogP contribution in [0.1, 0.15) is 13.3 Å². The van der Waals surface area contributed by atoms with Crippen LogP contribution in [0.3, 0.4) is 0 Å². The fourth-order valence-electron chi connectivity index (χ4n) is 3.10. The van der Waals surface area contributed by atoms with Crippen molar-refractivity contribution in [2.75, 3.05) is 26.6 Å². The van der Waals surface area contributed by atoms with Crippen molar-refractivity contribution >= 4 is 25.0 Å². The second kappa shape index (κ2) is 7.37. The van der Waals surface area contributed by atoms with Gasteiger partial charge in [0.15, 0.2) is 0 Å². The van der Waals surface area contributed by atoms with Crippen molar-refractivity contribution in [3.63, 3.8) is 0 Å². The molecule has 0 amide bonds. The van der Waals surface area contributed by atoms with Crippen molar-refractivity contribution in [2.24, 2.45) is 0 Å². The summed E-state index contributed by atoms with van der Waals surface area (Å²) in [6.45, 7) is 22.9. The van der Waals surface area contributed by atoms with Crippen LogP contribution in [-0.2, 0) is 8.85 Å². The number of rotatable bonds is 7. The van der Waals surface area contributed by atoms with Gasteiger partial charge >= 0.3 is 8.56 Å². The summed E-state index contributed by atoms with van der Waals surface area (Å²) in [5.41, 5.74) is 0. The van der Waals surface area contributed by atoms with Crippen LogP contribution in [0.25, 0.3) is 0 Å². The second-order valence-corrected chi connectivity index (χ2v) is 21.8. The van der Waals surface area contributed by atoms with Gasteiger partial charge in [0.25, 0.3) is 0 Å². The van der Waals surface area contributed by atoms with E-state index in [1.165, 1.54) is 13.0 Å². The summed E-state index contributed by atoms with van der Waals surface area (Å²) in [5, 5.41) is 0. The Morgan fingerprint density at radius 2 is 1.48 bits per heavy atom. The van der Waals surface area contributed by atoms with Crippen LogP contribution in [0.15, 0.2) is 0 Å². The van der Waals surface area contributed by atoms with Gasteiger partial charge in [0.1, 0.15) is 16.5 Å². The second-order valence-electron chi connectivity index (χ2n) is 8.26. The van der Waals surface area contributed by atoms with Crippen LogP contribution in [0.2, 0.25) is 51.9 Å². The molecule has 0 N–H and O–H groups in total. The fourth-order valence-corrected chi connectivity index (χ4v) is 14.9. The van der Waals surface area contributed by atoms with Crippen molar-refractivity contribution in [3.05, 3.63) is 0 Å². The molecule has 1 rings (SSSR count). The summed E-state index contributed by atoms with van der Waals surface area (Å²) < 4.78 is 15.0. The summed E-state index contributed by atoms with van der Waals surface area (Å²) in [6, 6.07) is 1.12. The van der Waals surface area contributed by atoms with E-state index in [1.807, 2.05) is 0 Å². The first-order valence-electron chi connectivity index (χ1n) is 8.26. The highest BCUT2D eigenvalue weighted by molar-refractivity contribution is 6.89. The highest BCUT2D eigenvalue weighted by atomic mass is 28.4. The molecular formula is C14H36N2O2Si3. The molecule has 1 aliphatic heterocycles. The van der Waals surface area contributed by atoms with Gasteiger partial charge in [-0.05, 0) is 32.1 Å². The van der Waals surface area contributed by atoms with E-state index in [0.29, 0.717) is 0 Å². The van der Waals surface area contributed by atoms with E-state index in [-0.39, 0.29) is 0 Å². The molecule has 0 aromatic heterocycles. The van der Waals surface area contributed by atoms with Crippen molar-refractivity contribution in [1.29, 1.82) is 0 Å². The van der Waals surface area contributed by atoms with Crippen molar-refractivity contribution in [1.82, 2.24) is 9.13 Å². The molecule has 0 aromatic rings. The predicted octanol–water partition coefficient (Wildman–Crippen LogP) is 3.70. The first kappa shape index (κ1) is 19.5. The third kappa shape index (κ3) is 6.25. The largest absolute Gasteiger partial charge is 0.381 e. The third-order valence-electron chi connectivity index (χ3n) is 4.18. The summed E-state index contributed by atoms with van der Waals surface area (Å²) >= 11 is 0. The normalized spacial score (nSPS) is 21.0. The molecule has 1 fully saturated rings. The molecule has 7 heteroatoms. The minimum absolute atomic E-state index is 0.755. The van der Waals surface area contributed by atoms with Gasteiger partial charge < -0.3 is 13.1 Å². The molecule has 1 saturated heterocycles. The quantitative estimate of drug-likeness (QED) is 0.655. The van der Waals surface area contributed by atoms with E-state index >= 15 is 0 Å². The first-order chi connectivity index (χ1) is 9.48. The van der Waals surface area contributed by atoms with E-state index in [9.17, 15) is 0 Å². The van der Waals surface area contributed by atoms with Crippen LogP contribution >= 0.6 is 0 Å². The van der Waals surface area contributed by atoms with Gasteiger partial charge in [-0.2, -0.15) is 0 Å². The van der Waals surface area contributed by atoms with Crippen LogP contribution in [-0.4, -0.2) is 60.7 Å². The summed E-state index contributed by atoms with van der Waals surface area (Å²) in [7, 11) is -4.38. The summed E-state index contributed by atoms with van der Waals surface area (Å²) in [5.74, 6) is 0. The standard InChI is InChI=1S/C14H36N2O2Si3/c1-9-15-13-17-21(8,18-14-15)12-10-11-16(19(2,3)4)20(5,6)7/h9-14H2,1-8H3. The van der Waals surface area contributed by atoms with Gasteiger partial charge in [-0.3, -0.25) is 4.90 Å². The van der Waals surface area contributed by atoms with Gasteiger partial charge in [-0.15, -0.1) is 0 Å². The zero-order valence-corrected chi connectivity index (χ0v) is 18.5. The van der Waals surface area contributed by atoms with E-state index in [0.717, 1.165) is 26.1 Å². The molecule has 0 unspecified atom stereocenters. The Bertz CT molecular complexity index is 307. The summed E-state index contributed by atoms with van der Waals surface area (Å²) in [6.07, 6.45) is 1.21. The lowest BCUT2D eigenvalue weighted by Gasteiger charge is -2.44. The lowest BCUT2D eigenvalue weighted by atomic mass is 10.5. The molecule has 0 spiro atoms. The van der Waals surface area contributed by atoms with Gasteiger partial charge in [0.05, 0.1) is 13.5 Å². The molecule has 0 aliphatic carbocycles. The fraction of sp³-hybridized carbons (Fsp3) is 1.00. The number of hydrogen-bond donors (Lipinski definition) is 0. The lowest BCUT2D eigenvalue weighted by Crippen LogP contribution is -2.59. The molecule has 0 saturated carbocycles. The van der Waals surface area contributed by atoms with Crippen molar-refractivity contribution in [3.8, 4) is 0 Å². The highest BCUT2D eigenvalue weighted by Crippen LogP contribution is 2.24. The van der Waals surface area contributed by atoms with E-state index < -0.39 is 25.0 Å². The predicted molar refractivity (Wildman–Crippen MR) is 98.7 cm³/mol. The average molecular weight is 349 g/mol. The monoisotopic (exact) mass is 348 g/mol. The molecule has 126 valence electrons. The van der Waals surface area contributed by atoms with Crippen LogP contribution in [0.5, 0.6) is 0 Å². The molecule has 0 aromatic carbocycles. The maximum Gasteiger partial charge on any atom is 0.336 e. The lowest BCUT2D eigenvalue weighted by molar-refractivity contribution is -0.0286. The Labute approximate surface area is 135 Å². The molecular weight excluding hydrogens is 312 g/mol.